The van der Waals surface area contributed by atoms with Crippen LogP contribution in [0.3, 0.4) is 0 Å². The lowest BCUT2D eigenvalue weighted by atomic mass is 9.81. The molecule has 0 bridgehead atoms. The molecular formula is C15H29Cl2N3O2. The van der Waals surface area contributed by atoms with Gasteiger partial charge < -0.3 is 15.0 Å². The van der Waals surface area contributed by atoms with Crippen LogP contribution in [0, 0.1) is 5.41 Å². The highest BCUT2D eigenvalue weighted by Crippen LogP contribution is 2.30. The van der Waals surface area contributed by atoms with E-state index in [0.717, 1.165) is 71.7 Å². The molecule has 5 nitrogen and oxygen atoms in total. The molecule has 22 heavy (non-hydrogen) atoms. The summed E-state index contributed by atoms with van der Waals surface area (Å²) in [5, 5.41) is 3.38. The number of piperidine rings is 1. The van der Waals surface area contributed by atoms with Gasteiger partial charge >= 0.3 is 0 Å². The number of nitrogens with zero attached hydrogens (tertiary/aromatic N) is 2. The van der Waals surface area contributed by atoms with Gasteiger partial charge in [-0.2, -0.15) is 0 Å². The molecule has 1 N–H and O–H groups in total. The number of nitrogens with one attached hydrogen (secondary N) is 1. The highest BCUT2D eigenvalue weighted by Gasteiger charge is 2.41. The molecule has 0 aromatic rings. The van der Waals surface area contributed by atoms with Crippen molar-refractivity contribution in [2.45, 2.75) is 32.2 Å². The van der Waals surface area contributed by atoms with E-state index in [9.17, 15) is 4.79 Å². The molecule has 0 aromatic heterocycles. The van der Waals surface area contributed by atoms with E-state index in [2.05, 4.69) is 22.0 Å². The lowest BCUT2D eigenvalue weighted by Crippen LogP contribution is -2.51. The van der Waals surface area contributed by atoms with Crippen molar-refractivity contribution in [1.82, 2.24) is 15.1 Å². The Morgan fingerprint density at radius 3 is 2.59 bits per heavy atom. The Balaban J connectivity index is 0.00000121. The summed E-state index contributed by atoms with van der Waals surface area (Å²) in [4.78, 5) is 17.4. The number of hydrogen-bond acceptors (Lipinski definition) is 4. The zero-order valence-electron chi connectivity index (χ0n) is 13.4. The number of halogens is 2. The first-order valence-corrected chi connectivity index (χ1v) is 8.01. The molecule has 0 radical (unpaired) electrons. The highest BCUT2D eigenvalue weighted by molar-refractivity contribution is 5.85. The van der Waals surface area contributed by atoms with Crippen molar-refractivity contribution >= 4 is 30.7 Å². The summed E-state index contributed by atoms with van der Waals surface area (Å²) >= 11 is 0. The Morgan fingerprint density at radius 2 is 1.95 bits per heavy atom. The van der Waals surface area contributed by atoms with E-state index < -0.39 is 0 Å². The fourth-order valence-electron chi connectivity index (χ4n) is 3.79. The number of ether oxygens (including phenoxy) is 1. The number of carbonyl (C=O) groups is 1. The van der Waals surface area contributed by atoms with Gasteiger partial charge in [-0.05, 0) is 32.7 Å². The van der Waals surface area contributed by atoms with Crippen LogP contribution >= 0.6 is 24.8 Å². The van der Waals surface area contributed by atoms with E-state index in [0.29, 0.717) is 11.9 Å². The average molecular weight is 354 g/mol. The van der Waals surface area contributed by atoms with Gasteiger partial charge in [-0.15, -0.1) is 24.8 Å². The van der Waals surface area contributed by atoms with Crippen LogP contribution in [0.2, 0.25) is 0 Å². The topological polar surface area (TPSA) is 44.8 Å². The van der Waals surface area contributed by atoms with Crippen molar-refractivity contribution in [3.63, 3.8) is 0 Å². The number of hydrogen-bond donors (Lipinski definition) is 1. The molecule has 7 heteroatoms. The number of amides is 1. The molecule has 0 saturated carbocycles. The summed E-state index contributed by atoms with van der Waals surface area (Å²) in [6.45, 7) is 9.58. The van der Waals surface area contributed by atoms with E-state index >= 15 is 0 Å². The summed E-state index contributed by atoms with van der Waals surface area (Å²) in [5.41, 5.74) is -0.182. The van der Waals surface area contributed by atoms with Crippen molar-refractivity contribution < 1.29 is 9.53 Å². The van der Waals surface area contributed by atoms with Crippen LogP contribution in [0.4, 0.5) is 0 Å². The maximum atomic E-state index is 12.8. The fourth-order valence-corrected chi connectivity index (χ4v) is 3.79. The molecule has 0 aromatic carbocycles. The zero-order chi connectivity index (χ0) is 14.0. The summed E-state index contributed by atoms with van der Waals surface area (Å²) in [5.74, 6) is 0.362. The van der Waals surface area contributed by atoms with Crippen molar-refractivity contribution in [3.8, 4) is 0 Å². The summed E-state index contributed by atoms with van der Waals surface area (Å²) in [6.07, 6.45) is 3.26. The van der Waals surface area contributed by atoms with E-state index in [4.69, 9.17) is 4.74 Å². The molecular weight excluding hydrogens is 325 g/mol. The Morgan fingerprint density at radius 1 is 1.23 bits per heavy atom. The van der Waals surface area contributed by atoms with Gasteiger partial charge in [0.25, 0.3) is 0 Å². The lowest BCUT2D eigenvalue weighted by molar-refractivity contribution is -0.141. The third-order valence-corrected chi connectivity index (χ3v) is 5.13. The molecule has 3 aliphatic rings. The van der Waals surface area contributed by atoms with E-state index in [1.807, 2.05) is 0 Å². The molecule has 0 spiro atoms. The third kappa shape index (κ3) is 4.26. The Labute approximate surface area is 145 Å². The minimum absolute atomic E-state index is 0. The maximum absolute atomic E-state index is 12.8. The molecule has 130 valence electrons. The highest BCUT2D eigenvalue weighted by atomic mass is 35.5. The second kappa shape index (κ2) is 8.69. The van der Waals surface area contributed by atoms with Gasteiger partial charge in [-0.25, -0.2) is 0 Å². The number of rotatable bonds is 2. The number of morpholine rings is 1. The largest absolute Gasteiger partial charge is 0.379 e. The fraction of sp³-hybridized carbons (Fsp3) is 0.933. The van der Waals surface area contributed by atoms with Gasteiger partial charge in [0, 0.05) is 38.8 Å². The van der Waals surface area contributed by atoms with Crippen LogP contribution in [0.15, 0.2) is 0 Å². The van der Waals surface area contributed by atoms with Crippen molar-refractivity contribution in [3.05, 3.63) is 0 Å². The van der Waals surface area contributed by atoms with Crippen LogP contribution in [0.5, 0.6) is 0 Å². The first-order valence-electron chi connectivity index (χ1n) is 8.01. The molecule has 2 atom stereocenters. The van der Waals surface area contributed by atoms with Crippen molar-refractivity contribution in [2.75, 3.05) is 52.5 Å². The minimum atomic E-state index is -0.182. The van der Waals surface area contributed by atoms with Crippen LogP contribution in [0.25, 0.3) is 0 Å². The van der Waals surface area contributed by atoms with Gasteiger partial charge in [0.1, 0.15) is 0 Å². The predicted molar refractivity (Wildman–Crippen MR) is 92.1 cm³/mol. The normalized spacial score (nSPS) is 33.0. The van der Waals surface area contributed by atoms with Crippen molar-refractivity contribution in [1.29, 1.82) is 0 Å². The Hall–Kier alpha value is -0.0700. The quantitative estimate of drug-likeness (QED) is 0.808. The molecule has 3 rings (SSSR count). The number of likely N-dealkylation sites (tertiary alicyclic amines) is 1. The standard InChI is InChI=1S/C15H27N3O2.2ClH/c1-15(4-2-5-16-12-15)14(19)18-6-3-13(11-18)17-7-9-20-10-8-17;;/h13,16H,2-12H2,1H3;2*1H. The Kier molecular flexibility index (Phi) is 7.89. The lowest BCUT2D eigenvalue weighted by Gasteiger charge is -2.37. The first kappa shape index (κ1) is 20.0. The predicted octanol–water partition coefficient (Wildman–Crippen LogP) is 1.15. The van der Waals surface area contributed by atoms with Gasteiger partial charge in [0.2, 0.25) is 5.91 Å². The SMILES string of the molecule is CC1(C(=O)N2CCC(N3CCOCC3)C2)CCCNC1.Cl.Cl. The first-order chi connectivity index (χ1) is 9.69. The molecule has 3 saturated heterocycles. The average Bonchev–Trinajstić information content (AvgIpc) is 2.98. The van der Waals surface area contributed by atoms with Crippen molar-refractivity contribution in [2.24, 2.45) is 5.41 Å². The van der Waals surface area contributed by atoms with Gasteiger partial charge in [-0.1, -0.05) is 0 Å². The van der Waals surface area contributed by atoms with Gasteiger partial charge in [0.05, 0.1) is 18.6 Å². The van der Waals surface area contributed by atoms with Gasteiger partial charge in [0.15, 0.2) is 0 Å². The summed E-state index contributed by atoms with van der Waals surface area (Å²) in [6, 6.07) is 0.544. The summed E-state index contributed by atoms with van der Waals surface area (Å²) < 4.78 is 5.41. The Bertz CT molecular complexity index is 359. The van der Waals surface area contributed by atoms with Gasteiger partial charge in [-0.3, -0.25) is 9.69 Å². The van der Waals surface area contributed by atoms with E-state index in [1.54, 1.807) is 0 Å². The number of carbonyl (C=O) groups excluding carboxylic acids is 1. The smallest absolute Gasteiger partial charge is 0.229 e. The zero-order valence-corrected chi connectivity index (χ0v) is 15.0. The van der Waals surface area contributed by atoms with Crippen LogP contribution in [-0.4, -0.2) is 74.2 Å². The molecule has 3 aliphatic heterocycles. The molecule has 2 unspecified atom stereocenters. The minimum Gasteiger partial charge on any atom is -0.379 e. The monoisotopic (exact) mass is 353 g/mol. The van der Waals surface area contributed by atoms with E-state index in [-0.39, 0.29) is 30.2 Å². The van der Waals surface area contributed by atoms with Crippen LogP contribution in [0.1, 0.15) is 26.2 Å². The van der Waals surface area contributed by atoms with Crippen LogP contribution in [-0.2, 0) is 9.53 Å². The molecule has 0 aliphatic carbocycles. The second-order valence-corrected chi connectivity index (χ2v) is 6.68. The molecule has 1 amide bonds. The third-order valence-electron chi connectivity index (χ3n) is 5.13. The maximum Gasteiger partial charge on any atom is 0.229 e. The van der Waals surface area contributed by atoms with E-state index in [1.165, 1.54) is 0 Å². The summed E-state index contributed by atoms with van der Waals surface area (Å²) in [7, 11) is 0. The molecule has 3 heterocycles. The molecule has 3 fully saturated rings. The second-order valence-electron chi connectivity index (χ2n) is 6.68. The van der Waals surface area contributed by atoms with Crippen LogP contribution < -0.4 is 5.32 Å².